The Kier molecular flexibility index (Phi) is 4.19. The van der Waals surface area contributed by atoms with Crippen molar-refractivity contribution < 1.29 is 9.53 Å². The van der Waals surface area contributed by atoms with Crippen LogP contribution in [0.4, 0.5) is 10.6 Å². The Morgan fingerprint density at radius 2 is 2.19 bits per heavy atom. The molecule has 108 valence electrons. The quantitative estimate of drug-likeness (QED) is 0.918. The highest BCUT2D eigenvalue weighted by Gasteiger charge is 2.17. The van der Waals surface area contributed by atoms with Gasteiger partial charge in [-0.25, -0.2) is 9.78 Å². The topological polar surface area (TPSA) is 87.9 Å². The summed E-state index contributed by atoms with van der Waals surface area (Å²) in [4.78, 5) is 20.1. The van der Waals surface area contributed by atoms with E-state index in [-0.39, 0.29) is 0 Å². The average molecular weight is 302 g/mol. The second-order valence-electron chi connectivity index (χ2n) is 5.21. The van der Waals surface area contributed by atoms with E-state index in [0.29, 0.717) is 22.1 Å². The first-order valence-corrected chi connectivity index (χ1v) is 7.07. The van der Waals surface area contributed by atoms with Crippen molar-refractivity contribution in [3.05, 3.63) is 29.3 Å². The molecular formula is C14H14N4O2S. The molecule has 0 aliphatic heterocycles. The number of nitriles is 1. The van der Waals surface area contributed by atoms with Crippen LogP contribution in [0, 0.1) is 11.3 Å². The molecule has 21 heavy (non-hydrogen) atoms. The summed E-state index contributed by atoms with van der Waals surface area (Å²) in [5.41, 5.74) is 0.580. The SMILES string of the molecule is CC(C)(C)OC(=O)Nc1csc(-c2ccc(C#N)cn2)n1. The summed E-state index contributed by atoms with van der Waals surface area (Å²) in [6, 6.07) is 5.39. The largest absolute Gasteiger partial charge is 0.444 e. The zero-order valence-electron chi connectivity index (χ0n) is 11.9. The Hall–Kier alpha value is -2.46. The molecule has 7 heteroatoms. The van der Waals surface area contributed by atoms with Crippen LogP contribution in [0.2, 0.25) is 0 Å². The van der Waals surface area contributed by atoms with Gasteiger partial charge in [-0.1, -0.05) is 0 Å². The fourth-order valence-electron chi connectivity index (χ4n) is 1.44. The van der Waals surface area contributed by atoms with Crippen LogP contribution in [-0.4, -0.2) is 21.7 Å². The van der Waals surface area contributed by atoms with Crippen LogP contribution < -0.4 is 5.32 Å². The van der Waals surface area contributed by atoms with Crippen LogP contribution >= 0.6 is 11.3 Å². The average Bonchev–Trinajstić information content (AvgIpc) is 2.85. The number of nitrogens with zero attached hydrogens (tertiary/aromatic N) is 3. The predicted molar refractivity (Wildman–Crippen MR) is 79.9 cm³/mol. The third-order valence-electron chi connectivity index (χ3n) is 2.24. The Morgan fingerprint density at radius 1 is 1.43 bits per heavy atom. The van der Waals surface area contributed by atoms with E-state index < -0.39 is 11.7 Å². The molecule has 0 aliphatic carbocycles. The summed E-state index contributed by atoms with van der Waals surface area (Å²) in [6.07, 6.45) is 0.935. The van der Waals surface area contributed by atoms with Crippen molar-refractivity contribution in [3.63, 3.8) is 0 Å². The van der Waals surface area contributed by atoms with Crippen molar-refractivity contribution in [2.45, 2.75) is 26.4 Å². The van der Waals surface area contributed by atoms with Gasteiger partial charge in [0.2, 0.25) is 0 Å². The molecule has 0 atom stereocenters. The van der Waals surface area contributed by atoms with E-state index in [1.807, 2.05) is 6.07 Å². The maximum absolute atomic E-state index is 11.6. The highest BCUT2D eigenvalue weighted by Crippen LogP contribution is 2.24. The first kappa shape index (κ1) is 14.9. The molecule has 0 unspecified atom stereocenters. The summed E-state index contributed by atoms with van der Waals surface area (Å²) in [7, 11) is 0. The molecule has 0 radical (unpaired) electrons. The van der Waals surface area contributed by atoms with Gasteiger partial charge in [0.05, 0.1) is 11.3 Å². The van der Waals surface area contributed by atoms with Gasteiger partial charge in [0.25, 0.3) is 0 Å². The molecule has 1 N–H and O–H groups in total. The lowest BCUT2D eigenvalue weighted by molar-refractivity contribution is 0.0635. The molecule has 0 saturated heterocycles. The van der Waals surface area contributed by atoms with Crippen molar-refractivity contribution in [2.24, 2.45) is 0 Å². The Balaban J connectivity index is 2.07. The molecular weight excluding hydrogens is 288 g/mol. The smallest absolute Gasteiger partial charge is 0.413 e. The molecule has 0 spiro atoms. The number of rotatable bonds is 2. The highest BCUT2D eigenvalue weighted by atomic mass is 32.1. The number of hydrogen-bond acceptors (Lipinski definition) is 6. The van der Waals surface area contributed by atoms with Crippen molar-refractivity contribution >= 4 is 23.2 Å². The van der Waals surface area contributed by atoms with Gasteiger partial charge in [-0.15, -0.1) is 11.3 Å². The summed E-state index contributed by atoms with van der Waals surface area (Å²) in [5.74, 6) is 0.412. The minimum atomic E-state index is -0.558. The van der Waals surface area contributed by atoms with Crippen LogP contribution in [0.15, 0.2) is 23.7 Å². The molecule has 0 fully saturated rings. The highest BCUT2D eigenvalue weighted by molar-refractivity contribution is 7.13. The van der Waals surface area contributed by atoms with Crippen LogP contribution in [0.1, 0.15) is 26.3 Å². The monoisotopic (exact) mass is 302 g/mol. The van der Waals surface area contributed by atoms with Gasteiger partial charge in [0.15, 0.2) is 0 Å². The molecule has 0 bridgehead atoms. The van der Waals surface area contributed by atoms with Gasteiger partial charge in [-0.05, 0) is 32.9 Å². The zero-order valence-corrected chi connectivity index (χ0v) is 12.7. The van der Waals surface area contributed by atoms with E-state index in [4.69, 9.17) is 10.00 Å². The lowest BCUT2D eigenvalue weighted by Gasteiger charge is -2.19. The molecule has 1 amide bonds. The second-order valence-corrected chi connectivity index (χ2v) is 6.07. The third-order valence-corrected chi connectivity index (χ3v) is 3.11. The van der Waals surface area contributed by atoms with Gasteiger partial charge in [0.1, 0.15) is 22.5 Å². The Bertz CT molecular complexity index is 680. The van der Waals surface area contributed by atoms with Gasteiger partial charge in [0, 0.05) is 11.6 Å². The number of hydrogen-bond donors (Lipinski definition) is 1. The van der Waals surface area contributed by atoms with E-state index in [0.717, 1.165) is 0 Å². The van der Waals surface area contributed by atoms with E-state index in [1.54, 1.807) is 38.3 Å². The number of nitrogens with one attached hydrogen (secondary N) is 1. The molecule has 2 aromatic rings. The number of aromatic nitrogens is 2. The normalized spacial score (nSPS) is 10.8. The van der Waals surface area contributed by atoms with Crippen LogP contribution in [0.25, 0.3) is 10.7 Å². The molecule has 2 heterocycles. The Labute approximate surface area is 126 Å². The summed E-state index contributed by atoms with van der Waals surface area (Å²) in [5, 5.41) is 13.7. The number of amides is 1. The lowest BCUT2D eigenvalue weighted by atomic mass is 10.2. The lowest BCUT2D eigenvalue weighted by Crippen LogP contribution is -2.27. The maximum Gasteiger partial charge on any atom is 0.413 e. The molecule has 0 saturated carbocycles. The first-order chi connectivity index (χ1) is 9.87. The number of carbonyl (C=O) groups is 1. The number of carbonyl (C=O) groups excluding carboxylic acids is 1. The molecule has 0 aliphatic rings. The number of pyridine rings is 1. The standard InChI is InChI=1S/C14H14N4O2S/c1-14(2,3)20-13(19)18-11-8-21-12(17-11)10-5-4-9(6-15)7-16-10/h4-5,7-8H,1-3H3,(H,18,19). The maximum atomic E-state index is 11.6. The van der Waals surface area contributed by atoms with Gasteiger partial charge in [-0.3, -0.25) is 10.3 Å². The first-order valence-electron chi connectivity index (χ1n) is 6.19. The summed E-state index contributed by atoms with van der Waals surface area (Å²) >= 11 is 1.35. The fraction of sp³-hybridized carbons (Fsp3) is 0.286. The van der Waals surface area contributed by atoms with E-state index >= 15 is 0 Å². The number of thiazole rings is 1. The molecule has 2 aromatic heterocycles. The predicted octanol–water partition coefficient (Wildman–Crippen LogP) is 3.42. The van der Waals surface area contributed by atoms with Crippen molar-refractivity contribution in [1.82, 2.24) is 9.97 Å². The molecule has 0 aromatic carbocycles. The minimum absolute atomic E-state index is 0.412. The molecule has 2 rings (SSSR count). The van der Waals surface area contributed by atoms with Gasteiger partial charge < -0.3 is 4.74 Å². The van der Waals surface area contributed by atoms with E-state index in [2.05, 4.69) is 15.3 Å². The van der Waals surface area contributed by atoms with Crippen LogP contribution in [0.5, 0.6) is 0 Å². The number of anilines is 1. The second kappa shape index (κ2) is 5.89. The third kappa shape index (κ3) is 4.26. The summed E-state index contributed by atoms with van der Waals surface area (Å²) < 4.78 is 5.15. The van der Waals surface area contributed by atoms with Gasteiger partial charge >= 0.3 is 6.09 Å². The van der Waals surface area contributed by atoms with Crippen LogP contribution in [-0.2, 0) is 4.74 Å². The van der Waals surface area contributed by atoms with Crippen molar-refractivity contribution in [1.29, 1.82) is 5.26 Å². The van der Waals surface area contributed by atoms with Gasteiger partial charge in [-0.2, -0.15) is 5.26 Å². The minimum Gasteiger partial charge on any atom is -0.444 e. The van der Waals surface area contributed by atoms with E-state index in [1.165, 1.54) is 17.5 Å². The summed E-state index contributed by atoms with van der Waals surface area (Å²) in [6.45, 7) is 5.37. The van der Waals surface area contributed by atoms with Crippen molar-refractivity contribution in [3.8, 4) is 16.8 Å². The van der Waals surface area contributed by atoms with Crippen molar-refractivity contribution in [2.75, 3.05) is 5.32 Å². The Morgan fingerprint density at radius 3 is 2.76 bits per heavy atom. The zero-order chi connectivity index (χ0) is 15.5. The van der Waals surface area contributed by atoms with E-state index in [9.17, 15) is 4.79 Å². The molecule has 6 nitrogen and oxygen atoms in total. The fourth-order valence-corrected chi connectivity index (χ4v) is 2.17. The van der Waals surface area contributed by atoms with Crippen LogP contribution in [0.3, 0.4) is 0 Å². The number of ether oxygens (including phenoxy) is 1.